The molecule has 0 unspecified atom stereocenters. The fourth-order valence-corrected chi connectivity index (χ4v) is 3.81. The number of nitrogens with one attached hydrogen (secondary N) is 2. The van der Waals surface area contributed by atoms with Crippen molar-refractivity contribution >= 4 is 17.0 Å². The van der Waals surface area contributed by atoms with Crippen LogP contribution in [0, 0.1) is 5.82 Å². The number of aromatic nitrogens is 1. The molecule has 1 heterocycles. The zero-order valence-corrected chi connectivity index (χ0v) is 22.6. The smallest absolute Gasteiger partial charge is 0.407 e. The Hall–Kier alpha value is -2.98. The molecule has 0 aliphatic heterocycles. The van der Waals surface area contributed by atoms with E-state index in [2.05, 4.69) is 45.7 Å². The standard InChI is InChI=1S/C29H40FN3O5/c1-29(2,3)38-28(34)32-13-16-36-18-20-37-19-17-35-15-12-31-21-24-5-4-6-27-26(24)11-14-33(27)22-23-7-9-25(30)10-8-23/h4-11,14,31H,12-13,15-22H2,1-3H3,(H,32,34). The maximum absolute atomic E-state index is 13.2. The maximum Gasteiger partial charge on any atom is 0.407 e. The lowest BCUT2D eigenvalue weighted by atomic mass is 10.1. The molecule has 2 aromatic carbocycles. The van der Waals surface area contributed by atoms with Crippen molar-refractivity contribution in [2.24, 2.45) is 0 Å². The summed E-state index contributed by atoms with van der Waals surface area (Å²) >= 11 is 0. The quantitative estimate of drug-likeness (QED) is 0.266. The van der Waals surface area contributed by atoms with Gasteiger partial charge in [-0.3, -0.25) is 0 Å². The number of carbonyl (C=O) groups is 1. The lowest BCUT2D eigenvalue weighted by Gasteiger charge is -2.19. The lowest BCUT2D eigenvalue weighted by Crippen LogP contribution is -2.34. The van der Waals surface area contributed by atoms with Gasteiger partial charge in [0.05, 0.1) is 39.6 Å². The third-order valence-electron chi connectivity index (χ3n) is 5.57. The van der Waals surface area contributed by atoms with E-state index in [9.17, 15) is 9.18 Å². The molecule has 208 valence electrons. The van der Waals surface area contributed by atoms with Crippen LogP contribution in [0.5, 0.6) is 0 Å². The van der Waals surface area contributed by atoms with Gasteiger partial charge in [0, 0.05) is 43.3 Å². The molecule has 1 aromatic heterocycles. The molecule has 0 radical (unpaired) electrons. The molecule has 0 aliphatic carbocycles. The number of carbonyl (C=O) groups excluding carboxylic acids is 1. The van der Waals surface area contributed by atoms with Crippen molar-refractivity contribution in [2.45, 2.75) is 39.5 Å². The van der Waals surface area contributed by atoms with Crippen molar-refractivity contribution in [3.8, 4) is 0 Å². The van der Waals surface area contributed by atoms with Crippen LogP contribution in [0.1, 0.15) is 31.9 Å². The SMILES string of the molecule is CC(C)(C)OC(=O)NCCOCCOCCOCCNCc1cccc2c1ccn2Cc1ccc(F)cc1. The first-order valence-corrected chi connectivity index (χ1v) is 13.0. The summed E-state index contributed by atoms with van der Waals surface area (Å²) in [5.41, 5.74) is 2.94. The average Bonchev–Trinajstić information content (AvgIpc) is 3.28. The largest absolute Gasteiger partial charge is 0.444 e. The monoisotopic (exact) mass is 529 g/mol. The highest BCUT2D eigenvalue weighted by molar-refractivity contribution is 5.83. The minimum atomic E-state index is -0.507. The van der Waals surface area contributed by atoms with Crippen LogP contribution < -0.4 is 10.6 Å². The number of rotatable bonds is 16. The summed E-state index contributed by atoms with van der Waals surface area (Å²) in [4.78, 5) is 11.5. The third kappa shape index (κ3) is 10.8. The van der Waals surface area contributed by atoms with Gasteiger partial charge in [-0.25, -0.2) is 9.18 Å². The van der Waals surface area contributed by atoms with E-state index in [-0.39, 0.29) is 5.82 Å². The summed E-state index contributed by atoms with van der Waals surface area (Å²) in [6.45, 7) is 11.0. The van der Waals surface area contributed by atoms with Crippen LogP contribution >= 0.6 is 0 Å². The van der Waals surface area contributed by atoms with E-state index >= 15 is 0 Å². The molecule has 8 nitrogen and oxygen atoms in total. The second-order valence-electron chi connectivity index (χ2n) is 9.86. The summed E-state index contributed by atoms with van der Waals surface area (Å²) < 4.78 is 37.1. The van der Waals surface area contributed by atoms with Crippen LogP contribution in [0.3, 0.4) is 0 Å². The van der Waals surface area contributed by atoms with E-state index in [0.29, 0.717) is 52.7 Å². The number of fused-ring (bicyclic) bond motifs is 1. The maximum atomic E-state index is 13.2. The Morgan fingerprint density at radius 3 is 2.21 bits per heavy atom. The van der Waals surface area contributed by atoms with E-state index in [4.69, 9.17) is 18.9 Å². The molecular weight excluding hydrogens is 489 g/mol. The normalized spacial score (nSPS) is 11.7. The van der Waals surface area contributed by atoms with Crippen molar-refractivity contribution in [1.82, 2.24) is 15.2 Å². The van der Waals surface area contributed by atoms with Gasteiger partial charge < -0.3 is 34.1 Å². The van der Waals surface area contributed by atoms with E-state index < -0.39 is 11.7 Å². The minimum absolute atomic E-state index is 0.219. The number of ether oxygens (including phenoxy) is 4. The molecule has 1 amide bonds. The summed E-state index contributed by atoms with van der Waals surface area (Å²) in [5, 5.41) is 7.28. The third-order valence-corrected chi connectivity index (χ3v) is 5.57. The Bertz CT molecular complexity index is 1110. The number of amides is 1. The molecule has 0 aliphatic rings. The number of hydrogen-bond acceptors (Lipinski definition) is 6. The van der Waals surface area contributed by atoms with Crippen LogP contribution in [-0.4, -0.2) is 69.0 Å². The highest BCUT2D eigenvalue weighted by atomic mass is 19.1. The molecule has 0 bridgehead atoms. The van der Waals surface area contributed by atoms with Gasteiger partial charge in [-0.05, 0) is 56.2 Å². The Morgan fingerprint density at radius 2 is 1.53 bits per heavy atom. The number of hydrogen-bond donors (Lipinski definition) is 2. The van der Waals surface area contributed by atoms with Gasteiger partial charge in [0.1, 0.15) is 11.4 Å². The van der Waals surface area contributed by atoms with Crippen LogP contribution in [0.25, 0.3) is 10.9 Å². The molecular formula is C29H40FN3O5. The fourth-order valence-electron chi connectivity index (χ4n) is 3.81. The lowest BCUT2D eigenvalue weighted by molar-refractivity contribution is 0.0145. The van der Waals surface area contributed by atoms with Crippen LogP contribution in [0.15, 0.2) is 54.7 Å². The summed E-state index contributed by atoms with van der Waals surface area (Å²) in [5.74, 6) is -0.219. The second-order valence-corrected chi connectivity index (χ2v) is 9.86. The van der Waals surface area contributed by atoms with Crippen molar-refractivity contribution < 1.29 is 28.1 Å². The van der Waals surface area contributed by atoms with Gasteiger partial charge >= 0.3 is 6.09 Å². The number of nitrogens with zero attached hydrogens (tertiary/aromatic N) is 1. The zero-order chi connectivity index (χ0) is 27.2. The van der Waals surface area contributed by atoms with E-state index in [1.807, 2.05) is 32.9 Å². The predicted octanol–water partition coefficient (Wildman–Crippen LogP) is 4.49. The fraction of sp³-hybridized carbons (Fsp3) is 0.483. The van der Waals surface area contributed by atoms with E-state index in [1.165, 1.54) is 23.1 Å². The highest BCUT2D eigenvalue weighted by Crippen LogP contribution is 2.21. The van der Waals surface area contributed by atoms with Crippen molar-refractivity contribution in [3.05, 3.63) is 71.7 Å². The number of alkyl carbamates (subject to hydrolysis) is 1. The number of benzene rings is 2. The Morgan fingerprint density at radius 1 is 0.868 bits per heavy atom. The van der Waals surface area contributed by atoms with Crippen LogP contribution in [-0.2, 0) is 32.0 Å². The topological polar surface area (TPSA) is 83.0 Å². The van der Waals surface area contributed by atoms with Crippen LogP contribution in [0.4, 0.5) is 9.18 Å². The molecule has 0 fully saturated rings. The first-order chi connectivity index (χ1) is 18.3. The summed E-state index contributed by atoms with van der Waals surface area (Å²) in [6, 6.07) is 15.1. The molecule has 0 saturated carbocycles. The van der Waals surface area contributed by atoms with Crippen molar-refractivity contribution in [3.63, 3.8) is 0 Å². The molecule has 0 saturated heterocycles. The average molecular weight is 530 g/mol. The molecule has 3 rings (SSSR count). The summed E-state index contributed by atoms with van der Waals surface area (Å²) in [7, 11) is 0. The van der Waals surface area contributed by atoms with Gasteiger partial charge in [-0.1, -0.05) is 24.3 Å². The molecule has 3 aromatic rings. The van der Waals surface area contributed by atoms with Gasteiger partial charge in [-0.2, -0.15) is 0 Å². The Balaban J connectivity index is 1.20. The molecule has 0 atom stereocenters. The Kier molecular flexibility index (Phi) is 12.0. The highest BCUT2D eigenvalue weighted by Gasteiger charge is 2.15. The van der Waals surface area contributed by atoms with Crippen LogP contribution in [0.2, 0.25) is 0 Å². The zero-order valence-electron chi connectivity index (χ0n) is 22.6. The first-order valence-electron chi connectivity index (χ1n) is 13.0. The Labute approximate surface area is 224 Å². The van der Waals surface area contributed by atoms with Gasteiger partial charge in [0.25, 0.3) is 0 Å². The summed E-state index contributed by atoms with van der Waals surface area (Å²) in [6.07, 6.45) is 1.63. The molecule has 0 spiro atoms. The second kappa shape index (κ2) is 15.4. The molecule has 9 heteroatoms. The minimum Gasteiger partial charge on any atom is -0.444 e. The van der Waals surface area contributed by atoms with Crippen molar-refractivity contribution in [1.29, 1.82) is 0 Å². The van der Waals surface area contributed by atoms with Gasteiger partial charge in [-0.15, -0.1) is 0 Å². The predicted molar refractivity (Wildman–Crippen MR) is 146 cm³/mol. The van der Waals surface area contributed by atoms with Gasteiger partial charge in [0.2, 0.25) is 0 Å². The number of halogens is 1. The van der Waals surface area contributed by atoms with Crippen molar-refractivity contribution in [2.75, 3.05) is 52.7 Å². The van der Waals surface area contributed by atoms with E-state index in [0.717, 1.165) is 24.2 Å². The molecule has 2 N–H and O–H groups in total. The van der Waals surface area contributed by atoms with Gasteiger partial charge in [0.15, 0.2) is 0 Å². The first kappa shape index (κ1) is 29.6. The van der Waals surface area contributed by atoms with E-state index in [1.54, 1.807) is 0 Å². The molecule has 38 heavy (non-hydrogen) atoms.